The van der Waals surface area contributed by atoms with E-state index in [1.165, 1.54) is 25.3 Å². The Bertz CT molecular complexity index is 620. The molecule has 0 unspecified atom stereocenters. The number of benzene rings is 1. The predicted molar refractivity (Wildman–Crippen MR) is 78.3 cm³/mol. The fraction of sp³-hybridized carbons (Fsp3) is 0.500. The van der Waals surface area contributed by atoms with Crippen molar-refractivity contribution in [2.24, 2.45) is 0 Å². The van der Waals surface area contributed by atoms with Gasteiger partial charge in [0.1, 0.15) is 16.7 Å². The monoisotopic (exact) mass is 332 g/mol. The quantitative estimate of drug-likeness (QED) is 0.626. The van der Waals surface area contributed by atoms with Gasteiger partial charge in [-0.05, 0) is 43.9 Å². The highest BCUT2D eigenvalue weighted by Crippen LogP contribution is 2.29. The Morgan fingerprint density at radius 2 is 1.90 bits per heavy atom. The smallest absolute Gasteiger partial charge is 0.338 e. The van der Waals surface area contributed by atoms with Gasteiger partial charge in [0.05, 0.1) is 12.7 Å². The summed E-state index contributed by atoms with van der Waals surface area (Å²) >= 11 is 0. The molecule has 0 aliphatic heterocycles. The third-order valence-corrected chi connectivity index (χ3v) is 4.83. The molecule has 116 valence electrons. The number of carbonyl (C=O) groups excluding carboxylic acids is 1. The maximum atomic E-state index is 12.1. The maximum Gasteiger partial charge on any atom is 0.338 e. The van der Waals surface area contributed by atoms with Crippen LogP contribution in [0.5, 0.6) is 5.75 Å². The number of carbonyl (C=O) groups is 1. The molecule has 0 heterocycles. The maximum absolute atomic E-state index is 12.1. The van der Waals surface area contributed by atoms with Crippen LogP contribution in [-0.2, 0) is 13.8 Å². The molecule has 0 radical (unpaired) electrons. The van der Waals surface area contributed by atoms with Crippen LogP contribution in [0.1, 0.15) is 42.5 Å². The van der Waals surface area contributed by atoms with E-state index in [4.69, 9.17) is 20.2 Å². The average Bonchev–Trinajstić information content (AvgIpc) is 2.46. The fourth-order valence-corrected chi connectivity index (χ4v) is 3.42. The Labute approximate surface area is 128 Å². The summed E-state index contributed by atoms with van der Waals surface area (Å²) < 4.78 is 33.4. The summed E-state index contributed by atoms with van der Waals surface area (Å²) in [6.45, 7) is 0. The van der Waals surface area contributed by atoms with Gasteiger partial charge < -0.3 is 9.47 Å². The van der Waals surface area contributed by atoms with Gasteiger partial charge in [-0.2, -0.15) is 0 Å². The van der Waals surface area contributed by atoms with Crippen LogP contribution in [0.4, 0.5) is 0 Å². The highest BCUT2D eigenvalue weighted by Gasteiger charge is 2.22. The van der Waals surface area contributed by atoms with Gasteiger partial charge in [0.25, 0.3) is 9.05 Å². The van der Waals surface area contributed by atoms with Gasteiger partial charge in [0.15, 0.2) is 0 Å². The number of methoxy groups -OCH3 is 1. The van der Waals surface area contributed by atoms with Crippen LogP contribution in [0.2, 0.25) is 0 Å². The van der Waals surface area contributed by atoms with Crippen LogP contribution < -0.4 is 4.74 Å². The van der Waals surface area contributed by atoms with Gasteiger partial charge in [-0.3, -0.25) is 0 Å². The van der Waals surface area contributed by atoms with E-state index in [0.29, 0.717) is 0 Å². The van der Waals surface area contributed by atoms with E-state index < -0.39 is 15.0 Å². The van der Waals surface area contributed by atoms with Crippen molar-refractivity contribution in [1.82, 2.24) is 0 Å². The zero-order valence-corrected chi connectivity index (χ0v) is 13.2. The minimum absolute atomic E-state index is 0.0931. The Morgan fingerprint density at radius 3 is 2.48 bits per heavy atom. The highest BCUT2D eigenvalue weighted by molar-refractivity contribution is 8.13. The first-order valence-electron chi connectivity index (χ1n) is 6.75. The van der Waals surface area contributed by atoms with Crippen LogP contribution in [0, 0.1) is 0 Å². The average molecular weight is 333 g/mol. The number of esters is 1. The molecule has 7 heteroatoms. The summed E-state index contributed by atoms with van der Waals surface area (Å²) in [5.74, 6) is -0.440. The van der Waals surface area contributed by atoms with Crippen LogP contribution >= 0.6 is 10.7 Å². The number of hydrogen-bond donors (Lipinski definition) is 0. The zero-order chi connectivity index (χ0) is 15.5. The summed E-state index contributed by atoms with van der Waals surface area (Å²) in [7, 11) is 2.69. The van der Waals surface area contributed by atoms with Crippen molar-refractivity contribution in [2.45, 2.75) is 43.1 Å². The molecule has 1 aliphatic rings. The van der Waals surface area contributed by atoms with E-state index in [0.717, 1.165) is 32.1 Å². The van der Waals surface area contributed by atoms with Gasteiger partial charge in [0.2, 0.25) is 0 Å². The summed E-state index contributed by atoms with van der Waals surface area (Å²) in [6, 6.07) is 4.05. The standard InChI is InChI=1S/C14H17ClO5S/c1-19-12-8-7-10(9-13(12)21(15,17)18)14(16)20-11-5-3-2-4-6-11/h7-9,11H,2-6H2,1H3. The predicted octanol–water partition coefficient (Wildman–Crippen LogP) is 3.11. The van der Waals surface area contributed by atoms with E-state index >= 15 is 0 Å². The molecule has 5 nitrogen and oxygen atoms in total. The normalized spacial score (nSPS) is 16.5. The topological polar surface area (TPSA) is 69.7 Å². The van der Waals surface area contributed by atoms with Crippen molar-refractivity contribution in [3.63, 3.8) is 0 Å². The number of ether oxygens (including phenoxy) is 2. The lowest BCUT2D eigenvalue weighted by Gasteiger charge is -2.21. The highest BCUT2D eigenvalue weighted by atomic mass is 35.7. The lowest BCUT2D eigenvalue weighted by atomic mass is 9.98. The van der Waals surface area contributed by atoms with Crippen LogP contribution in [0.25, 0.3) is 0 Å². The first-order valence-corrected chi connectivity index (χ1v) is 9.06. The molecule has 0 aromatic heterocycles. The van der Waals surface area contributed by atoms with Crippen molar-refractivity contribution in [3.05, 3.63) is 23.8 Å². The molecular formula is C14H17ClO5S. The van der Waals surface area contributed by atoms with E-state index in [2.05, 4.69) is 0 Å². The van der Waals surface area contributed by atoms with Gasteiger partial charge >= 0.3 is 5.97 Å². The molecule has 1 aromatic carbocycles. The molecule has 1 aromatic rings. The zero-order valence-electron chi connectivity index (χ0n) is 11.7. The molecule has 1 saturated carbocycles. The number of rotatable bonds is 4. The lowest BCUT2D eigenvalue weighted by Crippen LogP contribution is -2.21. The Hall–Kier alpha value is -1.27. The lowest BCUT2D eigenvalue weighted by molar-refractivity contribution is 0.0211. The van der Waals surface area contributed by atoms with E-state index in [1.54, 1.807) is 0 Å². The van der Waals surface area contributed by atoms with Crippen molar-refractivity contribution in [1.29, 1.82) is 0 Å². The van der Waals surface area contributed by atoms with Crippen molar-refractivity contribution in [3.8, 4) is 5.75 Å². The molecular weight excluding hydrogens is 316 g/mol. The first kappa shape index (κ1) is 16.1. The number of halogens is 1. The molecule has 0 bridgehead atoms. The van der Waals surface area contributed by atoms with Crippen molar-refractivity contribution >= 4 is 25.7 Å². The molecule has 0 atom stereocenters. The van der Waals surface area contributed by atoms with Crippen molar-refractivity contribution < 1.29 is 22.7 Å². The molecule has 2 rings (SSSR count). The van der Waals surface area contributed by atoms with E-state index in [9.17, 15) is 13.2 Å². The molecule has 21 heavy (non-hydrogen) atoms. The van der Waals surface area contributed by atoms with Gasteiger partial charge in [-0.15, -0.1) is 0 Å². The minimum atomic E-state index is -4.00. The van der Waals surface area contributed by atoms with Crippen molar-refractivity contribution in [2.75, 3.05) is 7.11 Å². The summed E-state index contributed by atoms with van der Waals surface area (Å²) in [4.78, 5) is 11.9. The van der Waals surface area contributed by atoms with E-state index in [-0.39, 0.29) is 22.3 Å². The van der Waals surface area contributed by atoms with Gasteiger partial charge in [0, 0.05) is 10.7 Å². The molecule has 1 aliphatic carbocycles. The molecule has 0 N–H and O–H groups in total. The van der Waals surface area contributed by atoms with E-state index in [1.807, 2.05) is 0 Å². The summed E-state index contributed by atoms with van der Waals surface area (Å²) in [5, 5.41) is 0. The fourth-order valence-electron chi connectivity index (χ4n) is 2.40. The van der Waals surface area contributed by atoms with Gasteiger partial charge in [-0.1, -0.05) is 6.42 Å². The summed E-state index contributed by atoms with van der Waals surface area (Å²) in [6.07, 6.45) is 4.85. The van der Waals surface area contributed by atoms with Crippen LogP contribution in [0.3, 0.4) is 0 Å². The Kier molecular flexibility index (Phi) is 5.11. The summed E-state index contributed by atoms with van der Waals surface area (Å²) in [5.41, 5.74) is 0.153. The Morgan fingerprint density at radius 1 is 1.24 bits per heavy atom. The van der Waals surface area contributed by atoms with Crippen LogP contribution in [-0.4, -0.2) is 27.6 Å². The third-order valence-electron chi connectivity index (χ3n) is 3.49. The molecule has 0 saturated heterocycles. The molecule has 1 fully saturated rings. The Balaban J connectivity index is 2.21. The number of hydrogen-bond acceptors (Lipinski definition) is 5. The second-order valence-electron chi connectivity index (χ2n) is 4.97. The second-order valence-corrected chi connectivity index (χ2v) is 7.50. The minimum Gasteiger partial charge on any atom is -0.495 e. The third kappa shape index (κ3) is 4.11. The molecule has 0 spiro atoms. The first-order chi connectivity index (χ1) is 9.91. The molecule has 0 amide bonds. The van der Waals surface area contributed by atoms with Gasteiger partial charge in [-0.25, -0.2) is 13.2 Å². The SMILES string of the molecule is COc1ccc(C(=O)OC2CCCCC2)cc1S(=O)(=O)Cl. The second kappa shape index (κ2) is 6.66. The van der Waals surface area contributed by atoms with Crippen LogP contribution in [0.15, 0.2) is 23.1 Å². The largest absolute Gasteiger partial charge is 0.495 e.